The number of likely N-dealkylation sites (N-methyl/N-ethyl adjacent to an activating group) is 1. The molecule has 0 heterocycles. The Bertz CT molecular complexity index is 701. The predicted octanol–water partition coefficient (Wildman–Crippen LogP) is 2.56. The third-order valence-corrected chi connectivity index (χ3v) is 3.56. The first-order valence-corrected chi connectivity index (χ1v) is 8.15. The van der Waals surface area contributed by atoms with Crippen LogP contribution >= 0.6 is 0 Å². The molecule has 2 aromatic rings. The van der Waals surface area contributed by atoms with Gasteiger partial charge in [-0.25, -0.2) is 4.99 Å². The zero-order valence-electron chi connectivity index (χ0n) is 15.0. The van der Waals surface area contributed by atoms with Crippen LogP contribution in [0.15, 0.2) is 53.5 Å². The van der Waals surface area contributed by atoms with Crippen LogP contribution in [0.2, 0.25) is 0 Å². The quantitative estimate of drug-likeness (QED) is 0.570. The summed E-state index contributed by atoms with van der Waals surface area (Å²) in [6.45, 7) is 1.92. The van der Waals surface area contributed by atoms with Crippen molar-refractivity contribution >= 4 is 11.6 Å². The van der Waals surface area contributed by atoms with Gasteiger partial charge in [-0.3, -0.25) is 0 Å². The van der Waals surface area contributed by atoms with E-state index in [0.29, 0.717) is 24.9 Å². The van der Waals surface area contributed by atoms with Crippen LogP contribution < -0.4 is 20.5 Å². The number of aliphatic imine (C=N–C) groups is 1. The van der Waals surface area contributed by atoms with E-state index in [2.05, 4.69) is 15.2 Å². The summed E-state index contributed by atoms with van der Waals surface area (Å²) in [6.07, 6.45) is 0. The average Bonchev–Trinajstić information content (AvgIpc) is 2.61. The lowest BCUT2D eigenvalue weighted by atomic mass is 10.2. The van der Waals surface area contributed by atoms with Crippen LogP contribution in [0.4, 0.5) is 5.69 Å². The molecule has 0 spiro atoms. The molecule has 0 aliphatic heterocycles. The Labute approximate surface area is 149 Å². The lowest BCUT2D eigenvalue weighted by Crippen LogP contribution is -2.23. The second-order valence-electron chi connectivity index (χ2n) is 5.79. The van der Waals surface area contributed by atoms with E-state index in [4.69, 9.17) is 15.2 Å². The molecule has 0 aliphatic rings. The molecule has 0 atom stereocenters. The molecule has 0 fully saturated rings. The van der Waals surface area contributed by atoms with Gasteiger partial charge in [0.2, 0.25) is 0 Å². The highest BCUT2D eigenvalue weighted by Gasteiger charge is 2.05. The second-order valence-corrected chi connectivity index (χ2v) is 5.79. The summed E-state index contributed by atoms with van der Waals surface area (Å²) in [4.78, 5) is 6.49. The van der Waals surface area contributed by atoms with Gasteiger partial charge < -0.3 is 25.4 Å². The van der Waals surface area contributed by atoms with Crippen molar-refractivity contribution in [2.24, 2.45) is 10.7 Å². The highest BCUT2D eigenvalue weighted by atomic mass is 16.5. The molecule has 0 aliphatic carbocycles. The molecule has 0 saturated heterocycles. The van der Waals surface area contributed by atoms with E-state index in [1.54, 1.807) is 7.11 Å². The third kappa shape index (κ3) is 6.00. The van der Waals surface area contributed by atoms with Crippen molar-refractivity contribution in [3.63, 3.8) is 0 Å². The van der Waals surface area contributed by atoms with Gasteiger partial charge >= 0.3 is 0 Å². The van der Waals surface area contributed by atoms with E-state index in [1.807, 2.05) is 62.6 Å². The molecule has 0 aromatic heterocycles. The van der Waals surface area contributed by atoms with Crippen molar-refractivity contribution in [1.82, 2.24) is 4.90 Å². The van der Waals surface area contributed by atoms with Crippen molar-refractivity contribution in [2.45, 2.75) is 6.54 Å². The number of hydrogen-bond acceptors (Lipinski definition) is 4. The minimum Gasteiger partial charge on any atom is -0.495 e. The van der Waals surface area contributed by atoms with Gasteiger partial charge in [-0.2, -0.15) is 0 Å². The van der Waals surface area contributed by atoms with Crippen molar-refractivity contribution in [3.8, 4) is 11.5 Å². The summed E-state index contributed by atoms with van der Waals surface area (Å²) >= 11 is 0. The lowest BCUT2D eigenvalue weighted by molar-refractivity contribution is 0.259. The summed E-state index contributed by atoms with van der Waals surface area (Å²) in [5, 5.41) is 3.06. The number of hydrogen-bond donors (Lipinski definition) is 2. The number of nitrogens with one attached hydrogen (secondary N) is 1. The molecule has 2 rings (SSSR count). The summed E-state index contributed by atoms with van der Waals surface area (Å²) in [5.41, 5.74) is 7.77. The van der Waals surface area contributed by atoms with Gasteiger partial charge in [0.05, 0.1) is 19.3 Å². The molecular formula is C19H26N4O2. The predicted molar refractivity (Wildman–Crippen MR) is 102 cm³/mol. The minimum absolute atomic E-state index is 0.326. The summed E-state index contributed by atoms with van der Waals surface area (Å²) in [7, 11) is 5.66. The van der Waals surface area contributed by atoms with Gasteiger partial charge in [-0.05, 0) is 32.3 Å². The first-order valence-electron chi connectivity index (χ1n) is 8.15. The Hall–Kier alpha value is -2.73. The maximum absolute atomic E-state index is 6.00. The van der Waals surface area contributed by atoms with E-state index >= 15 is 0 Å². The van der Waals surface area contributed by atoms with E-state index < -0.39 is 0 Å². The van der Waals surface area contributed by atoms with E-state index in [1.165, 1.54) is 0 Å². The number of anilines is 1. The number of para-hydroxylation sites is 3. The first-order chi connectivity index (χ1) is 12.1. The third-order valence-electron chi connectivity index (χ3n) is 3.56. The van der Waals surface area contributed by atoms with Gasteiger partial charge in [0.1, 0.15) is 18.1 Å². The van der Waals surface area contributed by atoms with Crippen LogP contribution in [0, 0.1) is 0 Å². The smallest absolute Gasteiger partial charge is 0.193 e. The van der Waals surface area contributed by atoms with E-state index in [-0.39, 0.29) is 0 Å². The molecule has 0 bridgehead atoms. The molecule has 25 heavy (non-hydrogen) atoms. The van der Waals surface area contributed by atoms with Gasteiger partial charge in [0, 0.05) is 12.1 Å². The standard InChI is InChI=1S/C19H26N4O2/c1-23(2)12-13-25-17-10-6-4-8-15(17)14-21-19(20)22-16-9-5-7-11-18(16)24-3/h4-11H,12-14H2,1-3H3,(H3,20,21,22). The number of rotatable bonds is 8. The highest BCUT2D eigenvalue weighted by molar-refractivity contribution is 5.93. The Morgan fingerprint density at radius 2 is 1.76 bits per heavy atom. The van der Waals surface area contributed by atoms with Crippen LogP contribution in [-0.2, 0) is 6.54 Å². The number of guanidine groups is 1. The number of benzene rings is 2. The number of nitrogens with zero attached hydrogens (tertiary/aromatic N) is 2. The van der Waals surface area contributed by atoms with Crippen LogP contribution in [0.3, 0.4) is 0 Å². The summed E-state index contributed by atoms with van der Waals surface area (Å²) in [5.74, 6) is 1.87. The van der Waals surface area contributed by atoms with Crippen molar-refractivity contribution in [1.29, 1.82) is 0 Å². The second kappa shape index (κ2) is 9.54. The SMILES string of the molecule is COc1ccccc1NC(N)=NCc1ccccc1OCCN(C)C. The highest BCUT2D eigenvalue weighted by Crippen LogP contribution is 2.23. The maximum atomic E-state index is 6.00. The van der Waals surface area contributed by atoms with Crippen LogP contribution in [0.25, 0.3) is 0 Å². The first kappa shape index (κ1) is 18.6. The Kier molecular flexibility index (Phi) is 7.10. The summed E-state index contributed by atoms with van der Waals surface area (Å²) in [6, 6.07) is 15.4. The van der Waals surface area contributed by atoms with Crippen molar-refractivity contribution in [3.05, 3.63) is 54.1 Å². The maximum Gasteiger partial charge on any atom is 0.193 e. The number of nitrogens with two attached hydrogens (primary N) is 1. The molecule has 6 nitrogen and oxygen atoms in total. The molecule has 0 saturated carbocycles. The monoisotopic (exact) mass is 342 g/mol. The largest absolute Gasteiger partial charge is 0.495 e. The van der Waals surface area contributed by atoms with Gasteiger partial charge in [0.25, 0.3) is 0 Å². The molecule has 134 valence electrons. The van der Waals surface area contributed by atoms with Crippen LogP contribution in [0.5, 0.6) is 11.5 Å². The summed E-state index contributed by atoms with van der Waals surface area (Å²) < 4.78 is 11.1. The van der Waals surface area contributed by atoms with Gasteiger partial charge in [-0.15, -0.1) is 0 Å². The van der Waals surface area contributed by atoms with Crippen LogP contribution in [-0.4, -0.2) is 45.2 Å². The fraction of sp³-hybridized carbons (Fsp3) is 0.316. The number of ether oxygens (including phenoxy) is 2. The molecule has 0 unspecified atom stereocenters. The number of methoxy groups -OCH3 is 1. The molecule has 3 N–H and O–H groups in total. The lowest BCUT2D eigenvalue weighted by Gasteiger charge is -2.13. The topological polar surface area (TPSA) is 72.1 Å². The van der Waals surface area contributed by atoms with Crippen molar-refractivity contribution < 1.29 is 9.47 Å². The van der Waals surface area contributed by atoms with E-state index in [9.17, 15) is 0 Å². The van der Waals surface area contributed by atoms with Crippen molar-refractivity contribution in [2.75, 3.05) is 39.7 Å². The fourth-order valence-electron chi connectivity index (χ4n) is 2.21. The Balaban J connectivity index is 2.00. The Morgan fingerprint density at radius 1 is 1.08 bits per heavy atom. The molecular weight excluding hydrogens is 316 g/mol. The van der Waals surface area contributed by atoms with Gasteiger partial charge in [-0.1, -0.05) is 30.3 Å². The van der Waals surface area contributed by atoms with Crippen LogP contribution in [0.1, 0.15) is 5.56 Å². The minimum atomic E-state index is 0.326. The molecule has 2 aromatic carbocycles. The zero-order chi connectivity index (χ0) is 18.1. The molecule has 6 heteroatoms. The average molecular weight is 342 g/mol. The zero-order valence-corrected chi connectivity index (χ0v) is 15.0. The fourth-order valence-corrected chi connectivity index (χ4v) is 2.21. The Morgan fingerprint density at radius 3 is 2.48 bits per heavy atom. The van der Waals surface area contributed by atoms with Gasteiger partial charge in [0.15, 0.2) is 5.96 Å². The molecule has 0 radical (unpaired) electrons. The normalized spacial score (nSPS) is 11.4. The van der Waals surface area contributed by atoms with E-state index in [0.717, 1.165) is 23.5 Å². The molecule has 0 amide bonds.